The number of methoxy groups -OCH3 is 3. The van der Waals surface area contributed by atoms with E-state index in [1.54, 1.807) is 12.1 Å². The molecule has 8 rings (SSSR count). The number of allylic oxidation sites excluding steroid dienone is 2. The number of anilines is 1. The van der Waals surface area contributed by atoms with E-state index in [0.717, 1.165) is 13.9 Å². The fourth-order valence-corrected chi connectivity index (χ4v) is 9.35. The number of alkyl halides is 2. The Labute approximate surface area is 342 Å². The standard InChI is InChI=1S/C38H29Cl2F5N6O9/c1-47-19-13-23(60-4)22(59-3)12-18(19)46-17(32(47)53)9-10-48-35(56)49-11-8-15-20(51(49)36(48)57)14-37(39)33(54)50(30-28(44)26(42)25(41)27(43)29(30)45)34(55)38(37,40)24(15)16-6-5-7-21(58-2)31(16)52/h5-8,12-13,20,24,52H,9-11,14H2,1-4H3/t20-,24-,37-,38+/m1/s1. The number of nitrogens with zero attached hydrogens (tertiary/aromatic N) is 6. The van der Waals surface area contributed by atoms with Gasteiger partial charge in [0.1, 0.15) is 11.4 Å². The number of aromatic hydroxyl groups is 1. The topological polar surface area (TPSA) is 169 Å². The number of aromatic nitrogens is 5. The molecule has 4 heterocycles. The van der Waals surface area contributed by atoms with Crippen LogP contribution in [-0.4, -0.2) is 71.5 Å². The number of carbonyl (C=O) groups is 2. The lowest BCUT2D eigenvalue weighted by Crippen LogP contribution is -2.59. The number of halogens is 7. The molecule has 314 valence electrons. The van der Waals surface area contributed by atoms with Gasteiger partial charge in [-0.3, -0.25) is 14.4 Å². The van der Waals surface area contributed by atoms with Crippen LogP contribution < -0.4 is 36.0 Å². The highest BCUT2D eigenvalue weighted by molar-refractivity contribution is 6.58. The molecule has 0 spiro atoms. The van der Waals surface area contributed by atoms with Gasteiger partial charge in [0, 0.05) is 50.0 Å². The van der Waals surface area contributed by atoms with E-state index in [1.165, 1.54) is 57.2 Å². The summed E-state index contributed by atoms with van der Waals surface area (Å²) < 4.78 is 93.8. The minimum atomic E-state index is -2.89. The molecule has 0 radical (unpaired) electrons. The molecular formula is C38H29Cl2F5N6O9. The molecule has 4 atom stereocenters. The molecule has 60 heavy (non-hydrogen) atoms. The molecule has 0 unspecified atom stereocenters. The molecule has 1 saturated heterocycles. The number of aryl methyl sites for hydroxylation is 2. The van der Waals surface area contributed by atoms with Crippen LogP contribution in [0, 0.1) is 29.1 Å². The summed E-state index contributed by atoms with van der Waals surface area (Å²) in [5.74, 6) is -18.0. The van der Waals surface area contributed by atoms with Crippen LogP contribution in [0.1, 0.15) is 29.6 Å². The zero-order chi connectivity index (χ0) is 43.5. The van der Waals surface area contributed by atoms with Gasteiger partial charge in [-0.15, -0.1) is 23.2 Å². The summed E-state index contributed by atoms with van der Waals surface area (Å²) in [6.07, 6.45) is 0.277. The first-order valence-corrected chi connectivity index (χ1v) is 18.5. The summed E-state index contributed by atoms with van der Waals surface area (Å²) in [7, 11) is 5.52. The van der Waals surface area contributed by atoms with Crippen molar-refractivity contribution in [1.82, 2.24) is 23.5 Å². The van der Waals surface area contributed by atoms with Gasteiger partial charge in [0.2, 0.25) is 5.82 Å². The number of carbonyl (C=O) groups excluding carboxylic acids is 2. The van der Waals surface area contributed by atoms with Gasteiger partial charge in [0.25, 0.3) is 17.4 Å². The average Bonchev–Trinajstić information content (AvgIpc) is 3.56. The second-order valence-corrected chi connectivity index (χ2v) is 15.4. The smallest absolute Gasteiger partial charge is 0.347 e. The van der Waals surface area contributed by atoms with Crippen molar-refractivity contribution in [2.75, 3.05) is 26.2 Å². The molecule has 2 amide bonds. The number of rotatable bonds is 8. The predicted octanol–water partition coefficient (Wildman–Crippen LogP) is 3.93. The van der Waals surface area contributed by atoms with Crippen LogP contribution >= 0.6 is 23.2 Å². The minimum absolute atomic E-state index is 0.0129. The fraction of sp³-hybridized carbons (Fsp3) is 0.316. The molecule has 15 nitrogen and oxygen atoms in total. The van der Waals surface area contributed by atoms with E-state index in [1.807, 2.05) is 0 Å². The lowest BCUT2D eigenvalue weighted by atomic mass is 9.64. The predicted molar refractivity (Wildman–Crippen MR) is 202 cm³/mol. The lowest BCUT2D eigenvalue weighted by Gasteiger charge is -2.49. The van der Waals surface area contributed by atoms with E-state index in [9.17, 15) is 42.3 Å². The van der Waals surface area contributed by atoms with Gasteiger partial charge in [-0.05, 0) is 11.6 Å². The van der Waals surface area contributed by atoms with Crippen LogP contribution in [0.5, 0.6) is 23.0 Å². The van der Waals surface area contributed by atoms with Crippen molar-refractivity contribution in [3.63, 3.8) is 0 Å². The quantitative estimate of drug-likeness (QED) is 0.0603. The number of hydrogen-bond acceptors (Lipinski definition) is 10. The van der Waals surface area contributed by atoms with Crippen molar-refractivity contribution in [3.8, 4) is 23.0 Å². The SMILES string of the molecule is COc1cc2nc(CCn3c(=O)n4n(c3=O)[C@@H]3C[C@@]5(Cl)C(=O)N(c6c(F)c(F)c(F)c(F)c6F)C(=O)[C@@]5(Cl)[C@@H](c5cccc(OC)c5O)C3=CC4)c(=O)n(C)c2cc1OC. The second-order valence-electron chi connectivity index (χ2n) is 14.1. The van der Waals surface area contributed by atoms with Crippen molar-refractivity contribution in [1.29, 1.82) is 0 Å². The maximum Gasteiger partial charge on any atom is 0.347 e. The third-order valence-corrected chi connectivity index (χ3v) is 12.8. The number of phenols is 1. The van der Waals surface area contributed by atoms with Gasteiger partial charge in [0.15, 0.2) is 56.0 Å². The Morgan fingerprint density at radius 1 is 0.850 bits per heavy atom. The zero-order valence-corrected chi connectivity index (χ0v) is 33.0. The number of para-hydroxylation sites is 1. The normalized spacial score (nSPS) is 22.1. The molecule has 2 fully saturated rings. The monoisotopic (exact) mass is 878 g/mol. The summed E-state index contributed by atoms with van der Waals surface area (Å²) in [6, 6.07) is 5.56. The van der Waals surface area contributed by atoms with Crippen molar-refractivity contribution in [3.05, 3.63) is 114 Å². The number of ether oxygens (including phenoxy) is 3. The van der Waals surface area contributed by atoms with Gasteiger partial charge >= 0.3 is 11.4 Å². The Morgan fingerprint density at radius 2 is 1.47 bits per heavy atom. The number of hydrogen-bond donors (Lipinski definition) is 1. The Kier molecular flexibility index (Phi) is 9.46. The van der Waals surface area contributed by atoms with E-state index >= 15 is 8.78 Å². The van der Waals surface area contributed by atoms with Gasteiger partial charge in [-0.25, -0.2) is 55.4 Å². The summed E-state index contributed by atoms with van der Waals surface area (Å²) in [5, 5.41) is 11.4. The Hall–Kier alpha value is -6.15. The van der Waals surface area contributed by atoms with Crippen LogP contribution in [-0.2, 0) is 36.1 Å². The van der Waals surface area contributed by atoms with Crippen molar-refractivity contribution in [2.45, 2.75) is 47.6 Å². The van der Waals surface area contributed by atoms with Crippen LogP contribution in [0.25, 0.3) is 11.0 Å². The van der Waals surface area contributed by atoms with Crippen molar-refractivity contribution >= 4 is 51.7 Å². The Morgan fingerprint density at radius 3 is 2.10 bits per heavy atom. The molecule has 1 aliphatic carbocycles. The van der Waals surface area contributed by atoms with Crippen LogP contribution in [0.4, 0.5) is 27.6 Å². The van der Waals surface area contributed by atoms with Gasteiger partial charge < -0.3 is 23.9 Å². The van der Waals surface area contributed by atoms with Crippen LogP contribution in [0.15, 0.2) is 56.4 Å². The number of phenolic OH excluding ortho intramolecular Hbond substituents is 1. The summed E-state index contributed by atoms with van der Waals surface area (Å²) in [5.41, 5.74) is -3.91. The van der Waals surface area contributed by atoms with Gasteiger partial charge in [0.05, 0.1) is 44.9 Å². The first-order chi connectivity index (χ1) is 28.4. The molecule has 1 N–H and O–H groups in total. The van der Waals surface area contributed by atoms with E-state index in [2.05, 4.69) is 4.98 Å². The minimum Gasteiger partial charge on any atom is -0.504 e. The molecule has 3 aromatic carbocycles. The highest BCUT2D eigenvalue weighted by atomic mass is 35.5. The third kappa shape index (κ3) is 5.25. The molecule has 2 aliphatic heterocycles. The van der Waals surface area contributed by atoms with Crippen LogP contribution in [0.2, 0.25) is 0 Å². The van der Waals surface area contributed by atoms with Crippen molar-refractivity contribution in [2.24, 2.45) is 7.05 Å². The zero-order valence-electron chi connectivity index (χ0n) is 31.5. The Balaban J connectivity index is 1.27. The first kappa shape index (κ1) is 40.6. The highest BCUT2D eigenvalue weighted by Gasteiger charge is 2.76. The van der Waals surface area contributed by atoms with Crippen molar-refractivity contribution < 1.29 is 50.9 Å². The molecule has 2 aromatic heterocycles. The molecule has 1 saturated carbocycles. The molecule has 5 aromatic rings. The fourth-order valence-electron chi connectivity index (χ4n) is 8.44. The second kappa shape index (κ2) is 14.0. The number of amides is 2. The molecule has 22 heteroatoms. The first-order valence-electron chi connectivity index (χ1n) is 17.8. The van der Waals surface area contributed by atoms with Gasteiger partial charge in [-0.1, -0.05) is 18.2 Å². The lowest BCUT2D eigenvalue weighted by molar-refractivity contribution is -0.122. The highest BCUT2D eigenvalue weighted by Crippen LogP contribution is 2.65. The number of imide groups is 1. The molecule has 0 bridgehead atoms. The van der Waals surface area contributed by atoms with E-state index in [-0.39, 0.29) is 40.4 Å². The number of benzene rings is 3. The van der Waals surface area contributed by atoms with E-state index in [4.69, 9.17) is 37.4 Å². The molecular weight excluding hydrogens is 850 g/mol. The largest absolute Gasteiger partial charge is 0.504 e. The number of fused-ring (bicyclic) bond motifs is 5. The Bertz CT molecular complexity index is 2940. The summed E-state index contributed by atoms with van der Waals surface area (Å²) in [4.78, 5) is 69.0. The third-order valence-electron chi connectivity index (χ3n) is 11.4. The molecule has 3 aliphatic rings. The maximum atomic E-state index is 15.3. The average molecular weight is 880 g/mol. The van der Waals surface area contributed by atoms with Crippen LogP contribution in [0.3, 0.4) is 0 Å². The summed E-state index contributed by atoms with van der Waals surface area (Å²) in [6.45, 7) is -0.776. The maximum absolute atomic E-state index is 15.3. The summed E-state index contributed by atoms with van der Waals surface area (Å²) >= 11 is 14.3. The van der Waals surface area contributed by atoms with E-state index < -0.39 is 104 Å². The van der Waals surface area contributed by atoms with Gasteiger partial charge in [-0.2, -0.15) is 0 Å². The van der Waals surface area contributed by atoms with E-state index in [0.29, 0.717) is 22.5 Å².